The van der Waals surface area contributed by atoms with Gasteiger partial charge in [-0.25, -0.2) is 4.98 Å². The zero-order valence-electron chi connectivity index (χ0n) is 15.3. The standard InChI is InChI=1S/C18H17F3N6OS/c1-29-16-12(9-22)14(25-17(23)26-16)27-7-3-6-13(27)15(28)24-11-5-2-4-10(8-11)18(19,20)21/h2,4-5,8,13H,3,6-7H2,1H3,(H,24,28)(H2,23,25,26)/t13-/m0/s1. The summed E-state index contributed by atoms with van der Waals surface area (Å²) in [7, 11) is 0. The Morgan fingerprint density at radius 2 is 2.17 bits per heavy atom. The van der Waals surface area contributed by atoms with Crippen LogP contribution in [0.1, 0.15) is 24.0 Å². The Hall–Kier alpha value is -3.00. The van der Waals surface area contributed by atoms with Gasteiger partial charge < -0.3 is 16.0 Å². The van der Waals surface area contributed by atoms with Crippen molar-refractivity contribution in [1.29, 1.82) is 5.26 Å². The lowest BCUT2D eigenvalue weighted by molar-refractivity contribution is -0.137. The fourth-order valence-corrected chi connectivity index (χ4v) is 3.72. The predicted molar refractivity (Wildman–Crippen MR) is 103 cm³/mol. The summed E-state index contributed by atoms with van der Waals surface area (Å²) in [6.45, 7) is 0.458. The van der Waals surface area contributed by atoms with Crippen molar-refractivity contribution in [3.8, 4) is 6.07 Å². The van der Waals surface area contributed by atoms with E-state index in [1.807, 2.05) is 0 Å². The molecule has 0 unspecified atom stereocenters. The Kier molecular flexibility index (Phi) is 5.83. The topological polar surface area (TPSA) is 108 Å². The van der Waals surface area contributed by atoms with Crippen LogP contribution in [0.25, 0.3) is 0 Å². The van der Waals surface area contributed by atoms with E-state index in [2.05, 4.69) is 21.4 Å². The lowest BCUT2D eigenvalue weighted by atomic mass is 10.1. The van der Waals surface area contributed by atoms with Crippen molar-refractivity contribution < 1.29 is 18.0 Å². The summed E-state index contributed by atoms with van der Waals surface area (Å²) in [6, 6.07) is 5.80. The number of aromatic nitrogens is 2. The van der Waals surface area contributed by atoms with Gasteiger partial charge in [0, 0.05) is 12.2 Å². The molecule has 3 rings (SSSR count). The largest absolute Gasteiger partial charge is 0.416 e. The number of anilines is 3. The highest BCUT2D eigenvalue weighted by molar-refractivity contribution is 7.98. The number of benzene rings is 1. The number of hydrogen-bond acceptors (Lipinski definition) is 7. The number of thioether (sulfide) groups is 1. The summed E-state index contributed by atoms with van der Waals surface area (Å²) >= 11 is 1.24. The average molecular weight is 422 g/mol. The Morgan fingerprint density at radius 3 is 2.83 bits per heavy atom. The summed E-state index contributed by atoms with van der Waals surface area (Å²) in [4.78, 5) is 22.6. The number of rotatable bonds is 4. The number of nitrogen functional groups attached to an aromatic ring is 1. The van der Waals surface area contributed by atoms with Crippen LogP contribution in [-0.4, -0.2) is 34.7 Å². The molecular weight excluding hydrogens is 405 g/mol. The molecule has 0 bridgehead atoms. The maximum absolute atomic E-state index is 12.9. The van der Waals surface area contributed by atoms with Gasteiger partial charge in [0.1, 0.15) is 22.7 Å². The van der Waals surface area contributed by atoms with Gasteiger partial charge in [-0.1, -0.05) is 6.07 Å². The third kappa shape index (κ3) is 4.37. The van der Waals surface area contributed by atoms with Gasteiger partial charge in [-0.15, -0.1) is 11.8 Å². The maximum Gasteiger partial charge on any atom is 0.416 e. The summed E-state index contributed by atoms with van der Waals surface area (Å²) in [5.41, 5.74) is 5.16. The minimum atomic E-state index is -4.51. The molecule has 1 aromatic heterocycles. The van der Waals surface area contributed by atoms with Gasteiger partial charge in [0.05, 0.1) is 5.56 Å². The molecule has 152 valence electrons. The molecule has 1 aliphatic heterocycles. The van der Waals surface area contributed by atoms with Crippen LogP contribution in [-0.2, 0) is 11.0 Å². The molecule has 0 aliphatic carbocycles. The summed E-state index contributed by atoms with van der Waals surface area (Å²) in [6.07, 6.45) is -1.64. The van der Waals surface area contributed by atoms with Crippen molar-refractivity contribution in [2.45, 2.75) is 30.1 Å². The van der Waals surface area contributed by atoms with Crippen molar-refractivity contribution in [3.05, 3.63) is 35.4 Å². The number of nitrogens with zero attached hydrogens (tertiary/aromatic N) is 4. The van der Waals surface area contributed by atoms with Crippen molar-refractivity contribution in [1.82, 2.24) is 9.97 Å². The van der Waals surface area contributed by atoms with E-state index < -0.39 is 23.7 Å². The molecule has 2 heterocycles. The van der Waals surface area contributed by atoms with E-state index >= 15 is 0 Å². The fraction of sp³-hybridized carbons (Fsp3) is 0.333. The Labute approximate surface area is 169 Å². The third-order valence-corrected chi connectivity index (χ3v) is 5.15. The minimum absolute atomic E-state index is 0.0210. The van der Waals surface area contributed by atoms with Crippen molar-refractivity contribution >= 4 is 35.1 Å². The van der Waals surface area contributed by atoms with E-state index in [1.165, 1.54) is 23.9 Å². The van der Waals surface area contributed by atoms with Crippen LogP contribution in [0, 0.1) is 11.3 Å². The Balaban J connectivity index is 1.88. The first-order valence-corrected chi connectivity index (χ1v) is 9.83. The van der Waals surface area contributed by atoms with Gasteiger partial charge in [-0.05, 0) is 37.3 Å². The van der Waals surface area contributed by atoms with Crippen molar-refractivity contribution in [2.24, 2.45) is 0 Å². The molecule has 2 aromatic rings. The van der Waals surface area contributed by atoms with E-state index in [0.29, 0.717) is 24.4 Å². The summed E-state index contributed by atoms with van der Waals surface area (Å²) in [5.74, 6) is -0.244. The molecule has 1 amide bonds. The van der Waals surface area contributed by atoms with Gasteiger partial charge in [0.25, 0.3) is 0 Å². The molecule has 0 radical (unpaired) electrons. The quantitative estimate of drug-likeness (QED) is 0.575. The summed E-state index contributed by atoms with van der Waals surface area (Å²) in [5, 5.41) is 12.5. The van der Waals surface area contributed by atoms with Crippen LogP contribution in [0.15, 0.2) is 29.3 Å². The second kappa shape index (κ2) is 8.16. The Bertz CT molecular complexity index is 975. The zero-order valence-corrected chi connectivity index (χ0v) is 16.1. The number of amides is 1. The SMILES string of the molecule is CSc1nc(N)nc(N2CCC[C@H]2C(=O)Nc2cccc(C(F)(F)F)c2)c1C#N. The lowest BCUT2D eigenvalue weighted by Crippen LogP contribution is -2.40. The fourth-order valence-electron chi connectivity index (χ4n) is 3.19. The van der Waals surface area contributed by atoms with E-state index in [1.54, 1.807) is 11.2 Å². The number of halogens is 3. The van der Waals surface area contributed by atoms with Crippen LogP contribution in [0.3, 0.4) is 0 Å². The van der Waals surface area contributed by atoms with Gasteiger partial charge in [0.2, 0.25) is 11.9 Å². The van der Waals surface area contributed by atoms with Crippen LogP contribution in [0.5, 0.6) is 0 Å². The first kappa shape index (κ1) is 20.7. The molecule has 3 N–H and O–H groups in total. The van der Waals surface area contributed by atoms with Crippen LogP contribution in [0.4, 0.5) is 30.6 Å². The average Bonchev–Trinajstić information content (AvgIpc) is 3.16. The third-order valence-electron chi connectivity index (χ3n) is 4.46. The van der Waals surface area contributed by atoms with E-state index in [0.717, 1.165) is 12.1 Å². The van der Waals surface area contributed by atoms with Gasteiger partial charge in [0.15, 0.2) is 5.82 Å². The normalized spacial score (nSPS) is 16.5. The van der Waals surface area contributed by atoms with E-state index in [4.69, 9.17) is 5.73 Å². The lowest BCUT2D eigenvalue weighted by Gasteiger charge is -2.26. The number of nitrogens with one attached hydrogen (secondary N) is 1. The number of carbonyl (C=O) groups excluding carboxylic acids is 1. The first-order valence-electron chi connectivity index (χ1n) is 8.61. The predicted octanol–water partition coefficient (Wildman–Crippen LogP) is 3.28. The number of carbonyl (C=O) groups is 1. The molecule has 0 spiro atoms. The molecule has 29 heavy (non-hydrogen) atoms. The molecular formula is C18H17F3N6OS. The van der Waals surface area contributed by atoms with Crippen molar-refractivity contribution in [3.63, 3.8) is 0 Å². The van der Waals surface area contributed by atoms with Crippen molar-refractivity contribution in [2.75, 3.05) is 28.8 Å². The molecule has 1 aliphatic rings. The van der Waals surface area contributed by atoms with E-state index in [-0.39, 0.29) is 23.0 Å². The highest BCUT2D eigenvalue weighted by Crippen LogP contribution is 2.33. The molecule has 1 aromatic carbocycles. The Morgan fingerprint density at radius 1 is 1.41 bits per heavy atom. The smallest absolute Gasteiger partial charge is 0.368 e. The number of alkyl halides is 3. The maximum atomic E-state index is 12.9. The molecule has 1 saturated heterocycles. The monoisotopic (exact) mass is 422 g/mol. The van der Waals surface area contributed by atoms with E-state index in [9.17, 15) is 23.2 Å². The van der Waals surface area contributed by atoms with Gasteiger partial charge >= 0.3 is 6.18 Å². The molecule has 0 saturated carbocycles. The molecule has 1 atom stereocenters. The number of nitrogens with two attached hydrogens (primary N) is 1. The van der Waals surface area contributed by atoms with Gasteiger partial charge in [-0.2, -0.15) is 23.4 Å². The van der Waals surface area contributed by atoms with Crippen LogP contribution < -0.4 is 16.0 Å². The van der Waals surface area contributed by atoms with Crippen LogP contribution >= 0.6 is 11.8 Å². The molecule has 7 nitrogen and oxygen atoms in total. The number of nitriles is 1. The van der Waals surface area contributed by atoms with Gasteiger partial charge in [-0.3, -0.25) is 4.79 Å². The highest BCUT2D eigenvalue weighted by atomic mass is 32.2. The highest BCUT2D eigenvalue weighted by Gasteiger charge is 2.35. The minimum Gasteiger partial charge on any atom is -0.368 e. The second-order valence-corrected chi connectivity index (χ2v) is 7.12. The van der Waals surface area contributed by atoms with Crippen LogP contribution in [0.2, 0.25) is 0 Å². The summed E-state index contributed by atoms with van der Waals surface area (Å²) < 4.78 is 38.7. The zero-order chi connectivity index (χ0) is 21.2. The molecule has 11 heteroatoms. The molecule has 1 fully saturated rings. The first-order chi connectivity index (χ1) is 13.7. The number of hydrogen-bond donors (Lipinski definition) is 2. The second-order valence-electron chi connectivity index (χ2n) is 6.32.